The van der Waals surface area contributed by atoms with Crippen molar-refractivity contribution in [2.24, 2.45) is 5.92 Å². The Morgan fingerprint density at radius 1 is 1.14 bits per heavy atom. The maximum atomic E-state index is 12.3. The lowest BCUT2D eigenvalue weighted by Crippen LogP contribution is -2.25. The average Bonchev–Trinajstić information content (AvgIpc) is 2.42. The number of carbonyl (C=O) groups excluding carboxylic acids is 1. The first-order valence-corrected chi connectivity index (χ1v) is 7.67. The molecule has 1 aliphatic rings. The molecular formula is C17H25NO3. The van der Waals surface area contributed by atoms with Gasteiger partial charge in [0.1, 0.15) is 17.2 Å². The standard InChI is InChI=1S/C17H25NO3/c1-17(2,3)12-9-10-13(19)14(15(12)20)18-16(21)11-7-5-4-6-8-11/h9-11,19-20H,4-8H2,1-3H3,(H,18,21). The Kier molecular flexibility index (Phi) is 4.45. The zero-order valence-corrected chi connectivity index (χ0v) is 13.1. The van der Waals surface area contributed by atoms with E-state index in [1.54, 1.807) is 6.07 Å². The predicted octanol–water partition coefficient (Wildman–Crippen LogP) is 3.91. The van der Waals surface area contributed by atoms with Crippen molar-refractivity contribution >= 4 is 11.6 Å². The molecule has 1 amide bonds. The number of phenols is 2. The predicted molar refractivity (Wildman–Crippen MR) is 83.7 cm³/mol. The van der Waals surface area contributed by atoms with Crippen LogP contribution in [0, 0.1) is 5.92 Å². The van der Waals surface area contributed by atoms with Crippen molar-refractivity contribution in [1.82, 2.24) is 0 Å². The molecular weight excluding hydrogens is 266 g/mol. The quantitative estimate of drug-likeness (QED) is 0.723. The molecule has 0 unspecified atom stereocenters. The Morgan fingerprint density at radius 3 is 2.33 bits per heavy atom. The van der Waals surface area contributed by atoms with Crippen molar-refractivity contribution in [2.45, 2.75) is 58.3 Å². The number of amides is 1. The van der Waals surface area contributed by atoms with E-state index < -0.39 is 0 Å². The topological polar surface area (TPSA) is 69.6 Å². The first-order chi connectivity index (χ1) is 9.80. The van der Waals surface area contributed by atoms with E-state index in [2.05, 4.69) is 5.32 Å². The SMILES string of the molecule is CC(C)(C)c1ccc(O)c(NC(=O)C2CCCCC2)c1O. The summed E-state index contributed by atoms with van der Waals surface area (Å²) in [7, 11) is 0. The number of phenolic OH excluding ortho intramolecular Hbond substituents is 2. The number of aromatic hydroxyl groups is 2. The van der Waals surface area contributed by atoms with Gasteiger partial charge in [-0.05, 0) is 24.3 Å². The number of hydrogen-bond acceptors (Lipinski definition) is 3. The molecule has 116 valence electrons. The summed E-state index contributed by atoms with van der Waals surface area (Å²) in [5, 5.41) is 23.1. The molecule has 4 nitrogen and oxygen atoms in total. The molecule has 0 aromatic heterocycles. The maximum absolute atomic E-state index is 12.3. The molecule has 1 saturated carbocycles. The van der Waals surface area contributed by atoms with Crippen molar-refractivity contribution in [3.8, 4) is 11.5 Å². The largest absolute Gasteiger partial charge is 0.506 e. The summed E-state index contributed by atoms with van der Waals surface area (Å²) < 4.78 is 0. The Morgan fingerprint density at radius 2 is 1.76 bits per heavy atom. The van der Waals surface area contributed by atoms with Gasteiger partial charge in [0.05, 0.1) is 0 Å². The molecule has 21 heavy (non-hydrogen) atoms. The van der Waals surface area contributed by atoms with E-state index in [9.17, 15) is 15.0 Å². The van der Waals surface area contributed by atoms with Crippen LogP contribution in [0.5, 0.6) is 11.5 Å². The number of rotatable bonds is 2. The molecule has 1 fully saturated rings. The lowest BCUT2D eigenvalue weighted by atomic mass is 9.85. The fourth-order valence-corrected chi connectivity index (χ4v) is 2.90. The molecule has 1 aromatic carbocycles. The maximum Gasteiger partial charge on any atom is 0.227 e. The first kappa shape index (κ1) is 15.7. The molecule has 3 N–H and O–H groups in total. The lowest BCUT2D eigenvalue weighted by Gasteiger charge is -2.24. The lowest BCUT2D eigenvalue weighted by molar-refractivity contribution is -0.120. The van der Waals surface area contributed by atoms with Gasteiger partial charge in [0.2, 0.25) is 5.91 Å². The van der Waals surface area contributed by atoms with E-state index in [-0.39, 0.29) is 34.4 Å². The molecule has 0 bridgehead atoms. The minimum Gasteiger partial charge on any atom is -0.506 e. The van der Waals surface area contributed by atoms with Crippen molar-refractivity contribution in [1.29, 1.82) is 0 Å². The van der Waals surface area contributed by atoms with E-state index in [4.69, 9.17) is 0 Å². The molecule has 0 saturated heterocycles. The van der Waals surface area contributed by atoms with E-state index in [1.165, 1.54) is 12.5 Å². The fraction of sp³-hybridized carbons (Fsp3) is 0.588. The molecule has 0 radical (unpaired) electrons. The van der Waals surface area contributed by atoms with Crippen LogP contribution in [0.3, 0.4) is 0 Å². The first-order valence-electron chi connectivity index (χ1n) is 7.67. The van der Waals surface area contributed by atoms with Crippen LogP contribution in [-0.4, -0.2) is 16.1 Å². The van der Waals surface area contributed by atoms with Crippen molar-refractivity contribution in [3.05, 3.63) is 17.7 Å². The second kappa shape index (κ2) is 5.96. The summed E-state index contributed by atoms with van der Waals surface area (Å²) >= 11 is 0. The highest BCUT2D eigenvalue weighted by Gasteiger charge is 2.26. The minimum atomic E-state index is -0.262. The fourth-order valence-electron chi connectivity index (χ4n) is 2.90. The Balaban J connectivity index is 2.25. The van der Waals surface area contributed by atoms with Gasteiger partial charge in [0.25, 0.3) is 0 Å². The molecule has 0 heterocycles. The second-order valence-electron chi connectivity index (χ2n) is 6.93. The van der Waals surface area contributed by atoms with Crippen LogP contribution in [0.15, 0.2) is 12.1 Å². The zero-order valence-electron chi connectivity index (χ0n) is 13.1. The molecule has 4 heteroatoms. The third kappa shape index (κ3) is 3.49. The van der Waals surface area contributed by atoms with Crippen molar-refractivity contribution in [2.75, 3.05) is 5.32 Å². The second-order valence-corrected chi connectivity index (χ2v) is 6.93. The normalized spacial score (nSPS) is 16.7. The number of benzene rings is 1. The van der Waals surface area contributed by atoms with Crippen LogP contribution in [-0.2, 0) is 10.2 Å². The summed E-state index contributed by atoms with van der Waals surface area (Å²) in [5.74, 6) is -0.251. The van der Waals surface area contributed by atoms with E-state index in [1.807, 2.05) is 20.8 Å². The van der Waals surface area contributed by atoms with Gasteiger partial charge < -0.3 is 15.5 Å². The molecule has 1 aromatic rings. The highest BCUT2D eigenvalue weighted by molar-refractivity contribution is 5.96. The number of nitrogens with one attached hydrogen (secondary N) is 1. The van der Waals surface area contributed by atoms with Crippen LogP contribution in [0.1, 0.15) is 58.4 Å². The number of anilines is 1. The van der Waals surface area contributed by atoms with Crippen LogP contribution in [0.2, 0.25) is 0 Å². The molecule has 0 atom stereocenters. The van der Waals surface area contributed by atoms with Gasteiger partial charge in [-0.15, -0.1) is 0 Å². The highest BCUT2D eigenvalue weighted by atomic mass is 16.3. The monoisotopic (exact) mass is 291 g/mol. The third-order valence-corrected chi connectivity index (χ3v) is 4.19. The summed E-state index contributed by atoms with van der Waals surface area (Å²) in [6, 6.07) is 3.22. The zero-order chi connectivity index (χ0) is 15.6. The summed E-state index contributed by atoms with van der Waals surface area (Å²) in [6.45, 7) is 5.93. The minimum absolute atomic E-state index is 0.0177. The van der Waals surface area contributed by atoms with Gasteiger partial charge in [0.15, 0.2) is 0 Å². The van der Waals surface area contributed by atoms with Crippen LogP contribution in [0.25, 0.3) is 0 Å². The summed E-state index contributed by atoms with van der Waals surface area (Å²) in [5.41, 5.74) is 0.583. The van der Waals surface area contributed by atoms with Crippen molar-refractivity contribution < 1.29 is 15.0 Å². The molecule has 1 aliphatic carbocycles. The van der Waals surface area contributed by atoms with Gasteiger partial charge in [0, 0.05) is 11.5 Å². The van der Waals surface area contributed by atoms with E-state index in [0.717, 1.165) is 25.7 Å². The Labute approximate surface area is 126 Å². The van der Waals surface area contributed by atoms with Crippen LogP contribution in [0.4, 0.5) is 5.69 Å². The van der Waals surface area contributed by atoms with E-state index >= 15 is 0 Å². The van der Waals surface area contributed by atoms with Gasteiger partial charge in [-0.25, -0.2) is 0 Å². The van der Waals surface area contributed by atoms with Crippen molar-refractivity contribution in [3.63, 3.8) is 0 Å². The molecule has 0 aliphatic heterocycles. The average molecular weight is 291 g/mol. The van der Waals surface area contributed by atoms with Gasteiger partial charge >= 0.3 is 0 Å². The van der Waals surface area contributed by atoms with Gasteiger partial charge in [-0.3, -0.25) is 4.79 Å². The van der Waals surface area contributed by atoms with Crippen LogP contribution < -0.4 is 5.32 Å². The Bertz CT molecular complexity index is 526. The van der Waals surface area contributed by atoms with Crippen LogP contribution >= 0.6 is 0 Å². The smallest absolute Gasteiger partial charge is 0.227 e. The van der Waals surface area contributed by atoms with E-state index in [0.29, 0.717) is 5.56 Å². The summed E-state index contributed by atoms with van der Waals surface area (Å²) in [4.78, 5) is 12.3. The summed E-state index contributed by atoms with van der Waals surface area (Å²) in [6.07, 6.45) is 5.08. The molecule has 0 spiro atoms. The number of hydrogen-bond donors (Lipinski definition) is 3. The highest BCUT2D eigenvalue weighted by Crippen LogP contribution is 2.41. The van der Waals surface area contributed by atoms with Gasteiger partial charge in [-0.1, -0.05) is 46.1 Å². The Hall–Kier alpha value is -1.71. The van der Waals surface area contributed by atoms with Gasteiger partial charge in [-0.2, -0.15) is 0 Å². The number of carbonyl (C=O) groups is 1. The molecule has 2 rings (SSSR count). The third-order valence-electron chi connectivity index (χ3n) is 4.19.